The van der Waals surface area contributed by atoms with E-state index in [1.807, 2.05) is 6.07 Å². The minimum absolute atomic E-state index is 0.0184. The largest absolute Gasteiger partial charge is 0.460 e. The highest BCUT2D eigenvalue weighted by molar-refractivity contribution is 6.18. The standard InChI is InChI=1S/C21H21N3O5/c1-4-9-24-16-8-6-5-7-14(16)21(20(24)26)15(12-22)18(23)29-13(2)17(21)19(25)28-11-10-27-3/h4-8H,1,9-11,23H2,2-3H3/t21-/m1/s1. The third-order valence-electron chi connectivity index (χ3n) is 4.92. The number of esters is 1. The molecule has 0 bridgehead atoms. The molecule has 1 atom stereocenters. The second-order valence-electron chi connectivity index (χ2n) is 6.48. The Balaban J connectivity index is 2.29. The average molecular weight is 395 g/mol. The van der Waals surface area contributed by atoms with E-state index in [9.17, 15) is 14.9 Å². The molecule has 150 valence electrons. The molecule has 8 nitrogen and oxygen atoms in total. The van der Waals surface area contributed by atoms with Crippen LogP contribution in [0, 0.1) is 11.3 Å². The molecular formula is C21H21N3O5. The zero-order valence-corrected chi connectivity index (χ0v) is 16.2. The Bertz CT molecular complexity index is 988. The van der Waals surface area contributed by atoms with Crippen LogP contribution in [0.1, 0.15) is 12.5 Å². The normalized spacial score (nSPS) is 20.4. The number of rotatable bonds is 6. The van der Waals surface area contributed by atoms with Crippen molar-refractivity contribution < 1.29 is 23.8 Å². The van der Waals surface area contributed by atoms with E-state index in [4.69, 9.17) is 19.9 Å². The number of allylic oxidation sites excluding steroid dienone is 1. The molecule has 0 saturated heterocycles. The second kappa shape index (κ2) is 7.81. The maximum atomic E-state index is 13.7. The predicted octanol–water partition coefficient (Wildman–Crippen LogP) is 1.64. The van der Waals surface area contributed by atoms with Crippen molar-refractivity contribution in [2.24, 2.45) is 5.73 Å². The van der Waals surface area contributed by atoms with Gasteiger partial charge in [-0.25, -0.2) is 4.79 Å². The summed E-state index contributed by atoms with van der Waals surface area (Å²) in [5.41, 5.74) is 5.07. The number of carbonyl (C=O) groups excluding carboxylic acids is 2. The number of carbonyl (C=O) groups is 2. The Morgan fingerprint density at radius 2 is 2.14 bits per heavy atom. The summed E-state index contributed by atoms with van der Waals surface area (Å²) in [5.74, 6) is -1.38. The summed E-state index contributed by atoms with van der Waals surface area (Å²) in [4.78, 5) is 28.3. The lowest BCUT2D eigenvalue weighted by atomic mass is 9.68. The van der Waals surface area contributed by atoms with Crippen molar-refractivity contribution in [3.63, 3.8) is 0 Å². The van der Waals surface area contributed by atoms with Crippen LogP contribution in [0.25, 0.3) is 0 Å². The van der Waals surface area contributed by atoms with Crippen molar-refractivity contribution in [2.75, 3.05) is 31.8 Å². The first-order valence-corrected chi connectivity index (χ1v) is 8.93. The van der Waals surface area contributed by atoms with Crippen LogP contribution in [0.2, 0.25) is 0 Å². The molecule has 1 aromatic carbocycles. The number of hydrogen-bond donors (Lipinski definition) is 1. The van der Waals surface area contributed by atoms with Gasteiger partial charge in [-0.3, -0.25) is 4.79 Å². The van der Waals surface area contributed by atoms with E-state index in [2.05, 4.69) is 6.58 Å². The molecule has 0 aromatic heterocycles. The lowest BCUT2D eigenvalue weighted by molar-refractivity contribution is -0.142. The average Bonchev–Trinajstić information content (AvgIpc) is 2.92. The highest BCUT2D eigenvalue weighted by Crippen LogP contribution is 2.53. The third-order valence-corrected chi connectivity index (χ3v) is 4.92. The third kappa shape index (κ3) is 2.87. The van der Waals surface area contributed by atoms with Crippen LogP contribution < -0.4 is 10.6 Å². The van der Waals surface area contributed by atoms with Crippen molar-refractivity contribution in [1.29, 1.82) is 5.26 Å². The number of nitriles is 1. The number of anilines is 1. The molecule has 1 spiro atoms. The smallest absolute Gasteiger partial charge is 0.339 e. The highest BCUT2D eigenvalue weighted by Gasteiger charge is 2.61. The van der Waals surface area contributed by atoms with E-state index in [0.717, 1.165) is 0 Å². The number of fused-ring (bicyclic) bond motifs is 2. The summed E-state index contributed by atoms with van der Waals surface area (Å²) in [6.45, 7) is 5.58. The van der Waals surface area contributed by atoms with Crippen LogP contribution in [0.3, 0.4) is 0 Å². The number of ether oxygens (including phenoxy) is 3. The van der Waals surface area contributed by atoms with E-state index >= 15 is 0 Å². The Kier molecular flexibility index (Phi) is 5.43. The first kappa shape index (κ1) is 20.2. The van der Waals surface area contributed by atoms with Crippen molar-refractivity contribution in [2.45, 2.75) is 12.3 Å². The summed E-state index contributed by atoms with van der Waals surface area (Å²) in [7, 11) is 1.48. The van der Waals surface area contributed by atoms with Gasteiger partial charge >= 0.3 is 5.97 Å². The fourth-order valence-corrected chi connectivity index (χ4v) is 3.81. The summed E-state index contributed by atoms with van der Waals surface area (Å²) >= 11 is 0. The molecule has 2 aliphatic rings. The lowest BCUT2D eigenvalue weighted by Gasteiger charge is -2.34. The number of nitrogens with zero attached hydrogens (tertiary/aromatic N) is 2. The zero-order chi connectivity index (χ0) is 21.2. The van der Waals surface area contributed by atoms with Gasteiger partial charge in [-0.2, -0.15) is 5.26 Å². The van der Waals surface area contributed by atoms with Crippen molar-refractivity contribution in [3.8, 4) is 6.07 Å². The molecule has 0 radical (unpaired) electrons. The Morgan fingerprint density at radius 1 is 1.41 bits per heavy atom. The molecule has 8 heteroatoms. The van der Waals surface area contributed by atoms with Crippen LogP contribution >= 0.6 is 0 Å². The summed E-state index contributed by atoms with van der Waals surface area (Å²) in [6.07, 6.45) is 1.57. The number of amides is 1. The van der Waals surface area contributed by atoms with Gasteiger partial charge in [-0.1, -0.05) is 24.3 Å². The van der Waals surface area contributed by atoms with Gasteiger partial charge in [0, 0.05) is 24.9 Å². The van der Waals surface area contributed by atoms with Crippen molar-refractivity contribution >= 4 is 17.6 Å². The molecular weight excluding hydrogens is 374 g/mol. The van der Waals surface area contributed by atoms with E-state index < -0.39 is 17.3 Å². The van der Waals surface area contributed by atoms with Gasteiger partial charge in [0.2, 0.25) is 11.8 Å². The monoisotopic (exact) mass is 395 g/mol. The fourth-order valence-electron chi connectivity index (χ4n) is 3.81. The Labute approximate surface area is 168 Å². The fraction of sp³-hybridized carbons (Fsp3) is 0.286. The van der Waals surface area contributed by atoms with Crippen molar-refractivity contribution in [1.82, 2.24) is 0 Å². The number of hydrogen-bond acceptors (Lipinski definition) is 7. The molecule has 0 fully saturated rings. The molecule has 1 aromatic rings. The van der Waals surface area contributed by atoms with Gasteiger partial charge in [-0.05, 0) is 13.0 Å². The molecule has 29 heavy (non-hydrogen) atoms. The number of para-hydroxylation sites is 1. The molecule has 0 aliphatic carbocycles. The van der Waals surface area contributed by atoms with Crippen LogP contribution in [0.5, 0.6) is 0 Å². The lowest BCUT2D eigenvalue weighted by Crippen LogP contribution is -2.48. The molecule has 0 unspecified atom stereocenters. The minimum Gasteiger partial charge on any atom is -0.460 e. The molecule has 2 heterocycles. The SMILES string of the molecule is C=CCN1C(=O)[C@@]2(C(C#N)=C(N)OC(C)=C2C(=O)OCCOC)c2ccccc21. The molecule has 1 amide bonds. The molecule has 3 rings (SSSR count). The van der Waals surface area contributed by atoms with Gasteiger partial charge in [0.25, 0.3) is 0 Å². The highest BCUT2D eigenvalue weighted by atomic mass is 16.6. The maximum Gasteiger partial charge on any atom is 0.339 e. The molecule has 2 N–H and O–H groups in total. The van der Waals surface area contributed by atoms with Crippen molar-refractivity contribution in [3.05, 3.63) is 65.3 Å². The van der Waals surface area contributed by atoms with E-state index in [0.29, 0.717) is 11.3 Å². The predicted molar refractivity (Wildman–Crippen MR) is 104 cm³/mol. The topological polar surface area (TPSA) is 115 Å². The van der Waals surface area contributed by atoms with E-state index in [-0.39, 0.29) is 42.5 Å². The molecule has 0 saturated carbocycles. The Hall–Kier alpha value is -3.57. The van der Waals surface area contributed by atoms with Crippen LogP contribution in [0.4, 0.5) is 5.69 Å². The quantitative estimate of drug-likeness (QED) is 0.442. The van der Waals surface area contributed by atoms with E-state index in [1.54, 1.807) is 30.3 Å². The van der Waals surface area contributed by atoms with Gasteiger partial charge in [-0.15, -0.1) is 6.58 Å². The second-order valence-corrected chi connectivity index (χ2v) is 6.48. The summed E-state index contributed by atoms with van der Waals surface area (Å²) < 4.78 is 15.7. The number of benzene rings is 1. The van der Waals surface area contributed by atoms with Gasteiger partial charge < -0.3 is 24.8 Å². The van der Waals surface area contributed by atoms with Crippen LogP contribution in [0.15, 0.2) is 59.7 Å². The first-order chi connectivity index (χ1) is 13.9. The minimum atomic E-state index is -1.75. The summed E-state index contributed by atoms with van der Waals surface area (Å²) in [5, 5.41) is 9.89. The van der Waals surface area contributed by atoms with Crippen LogP contribution in [-0.4, -0.2) is 38.7 Å². The van der Waals surface area contributed by atoms with Gasteiger partial charge in [0.05, 0.1) is 6.61 Å². The van der Waals surface area contributed by atoms with Crippen LogP contribution in [-0.2, 0) is 29.2 Å². The maximum absolute atomic E-state index is 13.7. The van der Waals surface area contributed by atoms with E-state index in [1.165, 1.54) is 18.9 Å². The Morgan fingerprint density at radius 3 is 2.79 bits per heavy atom. The summed E-state index contributed by atoms with van der Waals surface area (Å²) in [6, 6.07) is 8.93. The first-order valence-electron chi connectivity index (χ1n) is 8.93. The number of methoxy groups -OCH3 is 1. The van der Waals surface area contributed by atoms with Gasteiger partial charge in [0.15, 0.2) is 5.41 Å². The zero-order valence-electron chi connectivity index (χ0n) is 16.2. The van der Waals surface area contributed by atoms with Gasteiger partial charge in [0.1, 0.15) is 29.6 Å². The number of nitrogens with two attached hydrogens (primary N) is 1. The molecule has 2 aliphatic heterocycles.